The fourth-order valence-electron chi connectivity index (χ4n) is 3.46. The van der Waals surface area contributed by atoms with Crippen LogP contribution in [-0.4, -0.2) is 27.5 Å². The van der Waals surface area contributed by atoms with Gasteiger partial charge in [-0.2, -0.15) is 4.98 Å². The quantitative estimate of drug-likeness (QED) is 0.552. The van der Waals surface area contributed by atoms with Crippen LogP contribution in [0.2, 0.25) is 0 Å². The van der Waals surface area contributed by atoms with Crippen LogP contribution in [0, 0.1) is 0 Å². The summed E-state index contributed by atoms with van der Waals surface area (Å²) in [5, 5.41) is 4.10. The van der Waals surface area contributed by atoms with Gasteiger partial charge in [0.1, 0.15) is 0 Å². The van der Waals surface area contributed by atoms with E-state index >= 15 is 0 Å². The smallest absolute Gasteiger partial charge is 0.232 e. The Balaban J connectivity index is 1.45. The lowest BCUT2D eigenvalue weighted by Crippen LogP contribution is -2.24. The summed E-state index contributed by atoms with van der Waals surface area (Å²) in [6, 6.07) is 16.3. The molecule has 2 heterocycles. The average molecular weight is 440 g/mol. The zero-order chi connectivity index (χ0) is 19.7. The topological polar surface area (TPSA) is 59.2 Å². The molecule has 5 nitrogen and oxygen atoms in total. The molecule has 28 heavy (non-hydrogen) atoms. The van der Waals surface area contributed by atoms with Crippen LogP contribution < -0.4 is 0 Å². The molecule has 1 fully saturated rings. The van der Waals surface area contributed by atoms with Crippen LogP contribution in [0.15, 0.2) is 57.5 Å². The van der Waals surface area contributed by atoms with Crippen LogP contribution in [0.5, 0.6) is 0 Å². The van der Waals surface area contributed by atoms with E-state index in [-0.39, 0.29) is 11.8 Å². The normalized spacial score (nSPS) is 16.9. The minimum absolute atomic E-state index is 0.0594. The molecular formula is C22H22BrN3O2. The maximum Gasteiger partial charge on any atom is 0.232 e. The third-order valence-corrected chi connectivity index (χ3v) is 5.60. The molecule has 1 amide bonds. The van der Waals surface area contributed by atoms with Crippen molar-refractivity contribution in [2.45, 2.75) is 38.6 Å². The summed E-state index contributed by atoms with van der Waals surface area (Å²) in [6.45, 7) is 5.57. The average Bonchev–Trinajstić information content (AvgIpc) is 3.30. The number of amides is 1. The zero-order valence-corrected chi connectivity index (χ0v) is 17.5. The van der Waals surface area contributed by atoms with E-state index in [1.165, 1.54) is 5.56 Å². The van der Waals surface area contributed by atoms with Gasteiger partial charge in [0.15, 0.2) is 0 Å². The molecule has 0 saturated carbocycles. The largest absolute Gasteiger partial charge is 0.339 e. The highest BCUT2D eigenvalue weighted by Gasteiger charge is 2.34. The third-order valence-electron chi connectivity index (χ3n) is 5.11. The van der Waals surface area contributed by atoms with Gasteiger partial charge in [0, 0.05) is 29.5 Å². The number of rotatable bonds is 5. The minimum Gasteiger partial charge on any atom is -0.339 e. The molecule has 1 aliphatic heterocycles. The van der Waals surface area contributed by atoms with Gasteiger partial charge in [0.2, 0.25) is 17.6 Å². The summed E-state index contributed by atoms with van der Waals surface area (Å²) in [6.07, 6.45) is 0.407. The van der Waals surface area contributed by atoms with Crippen LogP contribution in [0.4, 0.5) is 0 Å². The van der Waals surface area contributed by atoms with Gasteiger partial charge in [-0.15, -0.1) is 0 Å². The van der Waals surface area contributed by atoms with E-state index in [1.807, 2.05) is 29.2 Å². The Bertz CT molecular complexity index is 981. The lowest BCUT2D eigenvalue weighted by Gasteiger charge is -2.16. The molecule has 0 N–H and O–H groups in total. The van der Waals surface area contributed by atoms with Gasteiger partial charge >= 0.3 is 0 Å². The molecule has 1 saturated heterocycles. The molecular weight excluding hydrogens is 418 g/mol. The highest BCUT2D eigenvalue weighted by Crippen LogP contribution is 2.30. The first kappa shape index (κ1) is 18.9. The number of carbonyl (C=O) groups is 1. The van der Waals surface area contributed by atoms with Gasteiger partial charge < -0.3 is 9.42 Å². The standard InChI is InChI=1S/C22H22BrN3O2/c1-14(2)16-8-6-15(7-9-16)12-26-13-18(11-20(26)27)22-24-21(25-28-22)17-4-3-5-19(23)10-17/h3-10,14,18H,11-13H2,1-2H3. The molecule has 4 rings (SSSR count). The maximum absolute atomic E-state index is 12.5. The van der Waals surface area contributed by atoms with Crippen molar-refractivity contribution in [3.63, 3.8) is 0 Å². The second kappa shape index (κ2) is 7.87. The Morgan fingerprint density at radius 3 is 2.71 bits per heavy atom. The molecule has 6 heteroatoms. The summed E-state index contributed by atoms with van der Waals surface area (Å²) < 4.78 is 6.44. The molecule has 1 aromatic heterocycles. The summed E-state index contributed by atoms with van der Waals surface area (Å²) in [4.78, 5) is 18.9. The minimum atomic E-state index is -0.0594. The Labute approximate surface area is 172 Å². The van der Waals surface area contributed by atoms with Crippen molar-refractivity contribution >= 4 is 21.8 Å². The summed E-state index contributed by atoms with van der Waals surface area (Å²) in [5.41, 5.74) is 3.33. The second-order valence-electron chi connectivity index (χ2n) is 7.54. The highest BCUT2D eigenvalue weighted by molar-refractivity contribution is 9.10. The van der Waals surface area contributed by atoms with E-state index in [4.69, 9.17) is 4.52 Å². The predicted molar refractivity (Wildman–Crippen MR) is 111 cm³/mol. The van der Waals surface area contributed by atoms with Crippen molar-refractivity contribution in [2.75, 3.05) is 6.54 Å². The van der Waals surface area contributed by atoms with E-state index in [2.05, 4.69) is 64.2 Å². The van der Waals surface area contributed by atoms with Gasteiger partial charge in [0.05, 0.1) is 5.92 Å². The molecule has 3 aromatic rings. The fourth-order valence-corrected chi connectivity index (χ4v) is 3.86. The van der Waals surface area contributed by atoms with Gasteiger partial charge in [-0.3, -0.25) is 4.79 Å². The van der Waals surface area contributed by atoms with Crippen molar-refractivity contribution in [2.24, 2.45) is 0 Å². The van der Waals surface area contributed by atoms with E-state index in [0.717, 1.165) is 15.6 Å². The Kier molecular flexibility index (Phi) is 5.31. The third kappa shape index (κ3) is 4.02. The monoisotopic (exact) mass is 439 g/mol. The first-order valence-electron chi connectivity index (χ1n) is 9.46. The number of halogens is 1. The van der Waals surface area contributed by atoms with Crippen molar-refractivity contribution < 1.29 is 9.32 Å². The lowest BCUT2D eigenvalue weighted by atomic mass is 10.0. The van der Waals surface area contributed by atoms with Crippen molar-refractivity contribution in [3.8, 4) is 11.4 Å². The van der Waals surface area contributed by atoms with Crippen LogP contribution >= 0.6 is 15.9 Å². The van der Waals surface area contributed by atoms with Crippen molar-refractivity contribution in [1.29, 1.82) is 0 Å². The van der Waals surface area contributed by atoms with Gasteiger partial charge in [0.25, 0.3) is 0 Å². The van der Waals surface area contributed by atoms with Gasteiger partial charge in [-0.05, 0) is 29.2 Å². The lowest BCUT2D eigenvalue weighted by molar-refractivity contribution is -0.128. The number of hydrogen-bond acceptors (Lipinski definition) is 4. The van der Waals surface area contributed by atoms with Gasteiger partial charge in [-0.1, -0.05) is 71.3 Å². The summed E-state index contributed by atoms with van der Waals surface area (Å²) in [7, 11) is 0. The first-order chi connectivity index (χ1) is 13.5. The first-order valence-corrected chi connectivity index (χ1v) is 10.2. The van der Waals surface area contributed by atoms with E-state index in [1.54, 1.807) is 0 Å². The summed E-state index contributed by atoms with van der Waals surface area (Å²) >= 11 is 3.45. The molecule has 144 valence electrons. The molecule has 0 aliphatic carbocycles. The number of likely N-dealkylation sites (tertiary alicyclic amines) is 1. The Morgan fingerprint density at radius 1 is 1.21 bits per heavy atom. The summed E-state index contributed by atoms with van der Waals surface area (Å²) in [5.74, 6) is 1.65. The Hall–Kier alpha value is -2.47. The Morgan fingerprint density at radius 2 is 2.00 bits per heavy atom. The number of aromatic nitrogens is 2. The van der Waals surface area contributed by atoms with Crippen molar-refractivity contribution in [3.05, 3.63) is 70.0 Å². The van der Waals surface area contributed by atoms with E-state index < -0.39 is 0 Å². The van der Waals surface area contributed by atoms with Gasteiger partial charge in [-0.25, -0.2) is 0 Å². The molecule has 1 unspecified atom stereocenters. The molecule has 0 bridgehead atoms. The number of nitrogens with zero attached hydrogens (tertiary/aromatic N) is 3. The molecule has 1 atom stereocenters. The number of benzene rings is 2. The molecule has 0 spiro atoms. The molecule has 2 aromatic carbocycles. The van der Waals surface area contributed by atoms with Crippen molar-refractivity contribution in [1.82, 2.24) is 15.0 Å². The van der Waals surface area contributed by atoms with Crippen LogP contribution in [0.3, 0.4) is 0 Å². The van der Waals surface area contributed by atoms with E-state index in [9.17, 15) is 4.79 Å². The highest BCUT2D eigenvalue weighted by atomic mass is 79.9. The SMILES string of the molecule is CC(C)c1ccc(CN2CC(c3nc(-c4cccc(Br)c4)no3)CC2=O)cc1. The van der Waals surface area contributed by atoms with Crippen LogP contribution in [0.25, 0.3) is 11.4 Å². The predicted octanol–water partition coefficient (Wildman–Crippen LogP) is 5.14. The zero-order valence-electron chi connectivity index (χ0n) is 15.9. The fraction of sp³-hybridized carbons (Fsp3) is 0.318. The number of hydrogen-bond donors (Lipinski definition) is 0. The number of carbonyl (C=O) groups excluding carboxylic acids is 1. The molecule has 0 radical (unpaired) electrons. The second-order valence-corrected chi connectivity index (χ2v) is 8.45. The molecule has 1 aliphatic rings. The maximum atomic E-state index is 12.5. The van der Waals surface area contributed by atoms with E-state index in [0.29, 0.717) is 37.1 Å². The van der Waals surface area contributed by atoms with Crippen LogP contribution in [-0.2, 0) is 11.3 Å². The van der Waals surface area contributed by atoms with Crippen LogP contribution in [0.1, 0.15) is 49.1 Å².